The van der Waals surface area contributed by atoms with Gasteiger partial charge in [0.25, 0.3) is 0 Å². The van der Waals surface area contributed by atoms with Crippen molar-refractivity contribution >= 4 is 11.0 Å². The monoisotopic (exact) mass is 406 g/mol. The number of alkyl halides is 3. The molecule has 3 rings (SSSR count). The van der Waals surface area contributed by atoms with Gasteiger partial charge >= 0.3 is 6.18 Å². The van der Waals surface area contributed by atoms with E-state index in [1.807, 2.05) is 13.8 Å². The summed E-state index contributed by atoms with van der Waals surface area (Å²) in [5.74, 6) is -1.35. The summed E-state index contributed by atoms with van der Waals surface area (Å²) >= 11 is 0. The van der Waals surface area contributed by atoms with Crippen LogP contribution in [0.15, 0.2) is 51.7 Å². The van der Waals surface area contributed by atoms with Gasteiger partial charge in [-0.25, -0.2) is 0 Å². The summed E-state index contributed by atoms with van der Waals surface area (Å²) in [7, 11) is 0. The molecule has 3 aromatic rings. The molecule has 6 heteroatoms. The number of benzene rings is 2. The first-order valence-electron chi connectivity index (χ1n) is 9.22. The number of fused-ring (bicyclic) bond motifs is 1. The van der Waals surface area contributed by atoms with Gasteiger partial charge in [-0.15, -0.1) is 0 Å². The van der Waals surface area contributed by atoms with Crippen LogP contribution in [0.3, 0.4) is 0 Å². The van der Waals surface area contributed by atoms with Crippen molar-refractivity contribution in [3.63, 3.8) is 0 Å². The quantitative estimate of drug-likeness (QED) is 0.507. The van der Waals surface area contributed by atoms with Crippen molar-refractivity contribution in [3.05, 3.63) is 64.0 Å². The number of hydrogen-bond acceptors (Lipinski definition) is 3. The summed E-state index contributed by atoms with van der Waals surface area (Å²) < 4.78 is 46.6. The highest BCUT2D eigenvalue weighted by atomic mass is 19.4. The lowest BCUT2D eigenvalue weighted by atomic mass is 9.92. The molecule has 0 saturated carbocycles. The van der Waals surface area contributed by atoms with Crippen LogP contribution in [0.5, 0.6) is 5.75 Å². The maximum atomic E-state index is 13.8. The Morgan fingerprint density at radius 1 is 1.03 bits per heavy atom. The molecule has 3 nitrogen and oxygen atoms in total. The summed E-state index contributed by atoms with van der Waals surface area (Å²) in [6, 6.07) is 10.3. The standard InChI is InChI=1S/C22H21F3O3.CH4/c1-3-13(4-2)12-16-17(26)11-10-15-19(27)18(14-8-6-5-7-9-14)21(22(23,24)25)28-20(15)16;/h5-11,13,26H,3-4,12H2,1-2H3;1H4. The highest BCUT2D eigenvalue weighted by Crippen LogP contribution is 2.39. The van der Waals surface area contributed by atoms with Crippen molar-refractivity contribution in [1.82, 2.24) is 0 Å². The normalized spacial score (nSPS) is 11.7. The van der Waals surface area contributed by atoms with Gasteiger partial charge < -0.3 is 9.52 Å². The molecular weight excluding hydrogens is 381 g/mol. The van der Waals surface area contributed by atoms with Crippen molar-refractivity contribution < 1.29 is 22.7 Å². The van der Waals surface area contributed by atoms with E-state index < -0.39 is 22.9 Å². The minimum absolute atomic E-state index is 0. The van der Waals surface area contributed by atoms with E-state index in [1.54, 1.807) is 18.2 Å². The van der Waals surface area contributed by atoms with E-state index in [4.69, 9.17) is 4.42 Å². The van der Waals surface area contributed by atoms with Crippen LogP contribution < -0.4 is 5.43 Å². The minimum Gasteiger partial charge on any atom is -0.508 e. The average molecular weight is 406 g/mol. The fraction of sp³-hybridized carbons (Fsp3) is 0.348. The van der Waals surface area contributed by atoms with Crippen LogP contribution >= 0.6 is 0 Å². The van der Waals surface area contributed by atoms with E-state index in [-0.39, 0.29) is 41.2 Å². The predicted octanol–water partition coefficient (Wildman–Crippen LogP) is 6.80. The zero-order valence-electron chi connectivity index (χ0n) is 15.6. The van der Waals surface area contributed by atoms with Gasteiger partial charge in [0.15, 0.2) is 0 Å². The highest BCUT2D eigenvalue weighted by molar-refractivity contribution is 5.86. The minimum atomic E-state index is -4.85. The third-order valence-electron chi connectivity index (χ3n) is 5.11. The Morgan fingerprint density at radius 2 is 1.66 bits per heavy atom. The molecule has 0 bridgehead atoms. The zero-order chi connectivity index (χ0) is 20.5. The van der Waals surface area contributed by atoms with Crippen LogP contribution in [0, 0.1) is 5.92 Å². The lowest BCUT2D eigenvalue weighted by Gasteiger charge is -2.17. The molecule has 0 saturated heterocycles. The molecule has 1 N–H and O–H groups in total. The van der Waals surface area contributed by atoms with Gasteiger partial charge in [0.05, 0.1) is 10.9 Å². The van der Waals surface area contributed by atoms with Crippen molar-refractivity contribution in [3.8, 4) is 16.9 Å². The third kappa shape index (κ3) is 4.31. The van der Waals surface area contributed by atoms with Gasteiger partial charge in [-0.05, 0) is 30.0 Å². The molecule has 29 heavy (non-hydrogen) atoms. The van der Waals surface area contributed by atoms with E-state index in [0.717, 1.165) is 12.8 Å². The topological polar surface area (TPSA) is 50.4 Å². The molecule has 0 unspecified atom stereocenters. The van der Waals surface area contributed by atoms with E-state index >= 15 is 0 Å². The molecule has 1 aromatic heterocycles. The van der Waals surface area contributed by atoms with Gasteiger partial charge in [-0.2, -0.15) is 13.2 Å². The molecule has 0 aliphatic heterocycles. The molecule has 0 fully saturated rings. The molecular formula is C23H25F3O3. The van der Waals surface area contributed by atoms with Gasteiger partial charge in [0, 0.05) is 5.56 Å². The van der Waals surface area contributed by atoms with Crippen molar-refractivity contribution in [2.24, 2.45) is 5.92 Å². The van der Waals surface area contributed by atoms with E-state index in [9.17, 15) is 23.1 Å². The lowest BCUT2D eigenvalue weighted by Crippen LogP contribution is -2.17. The van der Waals surface area contributed by atoms with Gasteiger partial charge in [-0.3, -0.25) is 4.79 Å². The Balaban J connectivity index is 0.00000300. The smallest absolute Gasteiger partial charge is 0.450 e. The number of aromatic hydroxyl groups is 1. The van der Waals surface area contributed by atoms with Crippen molar-refractivity contribution in [1.29, 1.82) is 0 Å². The Kier molecular flexibility index (Phi) is 6.77. The molecule has 0 spiro atoms. The van der Waals surface area contributed by atoms with E-state index in [1.165, 1.54) is 24.3 Å². The van der Waals surface area contributed by atoms with E-state index in [2.05, 4.69) is 0 Å². The second-order valence-corrected chi connectivity index (χ2v) is 6.83. The van der Waals surface area contributed by atoms with Gasteiger partial charge in [0.2, 0.25) is 11.2 Å². The van der Waals surface area contributed by atoms with Crippen LogP contribution in [0.25, 0.3) is 22.1 Å². The average Bonchev–Trinajstić information content (AvgIpc) is 2.67. The van der Waals surface area contributed by atoms with Gasteiger partial charge in [-0.1, -0.05) is 64.4 Å². The Labute approximate surface area is 167 Å². The molecule has 2 aromatic carbocycles. The largest absolute Gasteiger partial charge is 0.508 e. The number of rotatable bonds is 5. The SMILES string of the molecule is C.CCC(CC)Cc1c(O)ccc2c(=O)c(-c3ccccc3)c(C(F)(F)F)oc12. The van der Waals surface area contributed by atoms with Gasteiger partial charge in [0.1, 0.15) is 11.3 Å². The first-order valence-corrected chi connectivity index (χ1v) is 9.22. The maximum absolute atomic E-state index is 13.8. The summed E-state index contributed by atoms with van der Waals surface area (Å²) in [5.41, 5.74) is -1.08. The molecule has 0 radical (unpaired) electrons. The molecule has 0 aliphatic rings. The van der Waals surface area contributed by atoms with Crippen LogP contribution in [0.1, 0.15) is 45.4 Å². The number of halogens is 3. The van der Waals surface area contributed by atoms with Crippen LogP contribution in [0.2, 0.25) is 0 Å². The molecule has 0 aliphatic carbocycles. The zero-order valence-corrected chi connectivity index (χ0v) is 15.6. The van der Waals surface area contributed by atoms with Crippen LogP contribution in [0.4, 0.5) is 13.2 Å². The highest BCUT2D eigenvalue weighted by Gasteiger charge is 2.39. The molecule has 1 heterocycles. The molecule has 156 valence electrons. The first-order chi connectivity index (χ1) is 13.3. The Hall–Kier alpha value is -2.76. The fourth-order valence-electron chi connectivity index (χ4n) is 3.43. The van der Waals surface area contributed by atoms with Crippen molar-refractivity contribution in [2.75, 3.05) is 0 Å². The number of phenolic OH excluding ortho intramolecular Hbond substituents is 1. The molecule has 0 amide bonds. The van der Waals surface area contributed by atoms with Crippen molar-refractivity contribution in [2.45, 2.75) is 46.7 Å². The Bertz CT molecular complexity index is 1030. The van der Waals surface area contributed by atoms with Crippen LogP contribution in [-0.4, -0.2) is 5.11 Å². The van der Waals surface area contributed by atoms with Crippen LogP contribution in [-0.2, 0) is 12.6 Å². The second kappa shape index (κ2) is 8.72. The number of hydrogen-bond donors (Lipinski definition) is 1. The second-order valence-electron chi connectivity index (χ2n) is 6.83. The predicted molar refractivity (Wildman–Crippen MR) is 109 cm³/mol. The molecule has 0 atom stereocenters. The third-order valence-corrected chi connectivity index (χ3v) is 5.11. The number of phenols is 1. The fourth-order valence-corrected chi connectivity index (χ4v) is 3.43. The summed E-state index contributed by atoms with van der Waals surface area (Å²) in [6.07, 6.45) is -2.92. The first kappa shape index (κ1) is 22.5. The van der Waals surface area contributed by atoms with E-state index in [0.29, 0.717) is 6.42 Å². The maximum Gasteiger partial charge on any atom is 0.450 e. The Morgan fingerprint density at radius 3 is 2.21 bits per heavy atom. The summed E-state index contributed by atoms with van der Waals surface area (Å²) in [5, 5.41) is 10.3. The summed E-state index contributed by atoms with van der Waals surface area (Å²) in [6.45, 7) is 3.95. The lowest BCUT2D eigenvalue weighted by molar-refractivity contribution is -0.152. The summed E-state index contributed by atoms with van der Waals surface area (Å²) in [4.78, 5) is 13.0.